The number of likely N-dealkylation sites (tertiary alicyclic amines) is 1. The topological polar surface area (TPSA) is 62.7 Å². The standard InChI is InChI=1S/C27H31N3O3SSi/c1-27(2,3)22-17-30(26-28-19(18-34-26)16-29-23(31)14-15-24(29)32)25(22)33-35(20-10-6-4-7-11-20)21-12-8-5-9-13-21/h4-13,18,22,25,35H,14-17H2,1-3H3. The zero-order chi connectivity index (χ0) is 24.6. The number of hydrogen-bond acceptors (Lipinski definition) is 6. The van der Waals surface area contributed by atoms with Crippen LogP contribution in [0.25, 0.3) is 0 Å². The predicted molar refractivity (Wildman–Crippen MR) is 141 cm³/mol. The van der Waals surface area contributed by atoms with Crippen LogP contribution in [0.1, 0.15) is 39.3 Å². The molecular weight excluding hydrogens is 474 g/mol. The van der Waals surface area contributed by atoms with E-state index in [0.717, 1.165) is 17.4 Å². The molecule has 0 N–H and O–H groups in total. The van der Waals surface area contributed by atoms with Gasteiger partial charge in [-0.25, -0.2) is 4.98 Å². The van der Waals surface area contributed by atoms with Gasteiger partial charge in [-0.05, 0) is 15.8 Å². The van der Waals surface area contributed by atoms with Gasteiger partial charge in [0.25, 0.3) is 0 Å². The summed E-state index contributed by atoms with van der Waals surface area (Å²) in [7, 11) is -1.94. The molecule has 2 unspecified atom stereocenters. The zero-order valence-corrected chi connectivity index (χ0v) is 22.4. The molecule has 2 aromatic carbocycles. The summed E-state index contributed by atoms with van der Waals surface area (Å²) in [5.41, 5.74) is 0.841. The van der Waals surface area contributed by atoms with E-state index in [0.29, 0.717) is 18.8 Å². The molecule has 2 aliphatic heterocycles. The number of imide groups is 1. The molecule has 6 nitrogen and oxygen atoms in total. The molecule has 2 atom stereocenters. The van der Waals surface area contributed by atoms with Crippen LogP contribution in [0, 0.1) is 11.3 Å². The highest BCUT2D eigenvalue weighted by atomic mass is 32.1. The third-order valence-corrected chi connectivity index (χ3v) is 10.4. The van der Waals surface area contributed by atoms with Gasteiger partial charge in [0.15, 0.2) is 5.13 Å². The van der Waals surface area contributed by atoms with E-state index >= 15 is 0 Å². The van der Waals surface area contributed by atoms with E-state index in [4.69, 9.17) is 9.41 Å². The number of hydrogen-bond donors (Lipinski definition) is 0. The third-order valence-electron chi connectivity index (χ3n) is 6.90. The summed E-state index contributed by atoms with van der Waals surface area (Å²) in [5.74, 6) is 0.142. The summed E-state index contributed by atoms with van der Waals surface area (Å²) in [5, 5.41) is 5.35. The number of thiazole rings is 1. The summed E-state index contributed by atoms with van der Waals surface area (Å²) in [6.45, 7) is 7.93. The number of anilines is 1. The second-order valence-corrected chi connectivity index (χ2v) is 13.6. The molecule has 2 fully saturated rings. The molecule has 8 heteroatoms. The first-order chi connectivity index (χ1) is 16.8. The molecule has 35 heavy (non-hydrogen) atoms. The lowest BCUT2D eigenvalue weighted by atomic mass is 9.74. The van der Waals surface area contributed by atoms with Gasteiger partial charge in [-0.15, -0.1) is 11.3 Å². The first-order valence-corrected chi connectivity index (χ1v) is 14.6. The van der Waals surface area contributed by atoms with E-state index in [1.54, 1.807) is 11.3 Å². The summed E-state index contributed by atoms with van der Waals surface area (Å²) < 4.78 is 7.05. The molecule has 5 rings (SSSR count). The largest absolute Gasteiger partial charge is 0.391 e. The molecule has 2 amide bonds. The molecule has 0 aliphatic carbocycles. The Morgan fingerprint density at radius 3 is 2.09 bits per heavy atom. The molecule has 2 aliphatic rings. The summed E-state index contributed by atoms with van der Waals surface area (Å²) in [4.78, 5) is 32.5. The molecule has 3 aromatic rings. The maximum Gasteiger partial charge on any atom is 0.242 e. The maximum absolute atomic E-state index is 12.0. The van der Waals surface area contributed by atoms with E-state index in [1.807, 2.05) is 17.5 Å². The van der Waals surface area contributed by atoms with Crippen molar-refractivity contribution in [2.75, 3.05) is 11.4 Å². The lowest BCUT2D eigenvalue weighted by molar-refractivity contribution is -0.139. The van der Waals surface area contributed by atoms with Gasteiger partial charge in [-0.3, -0.25) is 14.5 Å². The van der Waals surface area contributed by atoms with E-state index in [9.17, 15) is 9.59 Å². The van der Waals surface area contributed by atoms with E-state index in [2.05, 4.69) is 74.2 Å². The number of carbonyl (C=O) groups excluding carboxylic acids is 2. The fourth-order valence-corrected chi connectivity index (χ4v) is 8.06. The monoisotopic (exact) mass is 505 g/mol. The van der Waals surface area contributed by atoms with Crippen molar-refractivity contribution in [1.82, 2.24) is 9.88 Å². The summed E-state index contributed by atoms with van der Waals surface area (Å²) in [6, 6.07) is 21.1. The lowest BCUT2D eigenvalue weighted by Gasteiger charge is -2.54. The van der Waals surface area contributed by atoms with Gasteiger partial charge in [-0.1, -0.05) is 81.4 Å². The predicted octanol–water partition coefficient (Wildman–Crippen LogP) is 3.16. The van der Waals surface area contributed by atoms with Crippen molar-refractivity contribution >= 4 is 47.7 Å². The highest BCUT2D eigenvalue weighted by Gasteiger charge is 2.48. The Morgan fingerprint density at radius 1 is 0.971 bits per heavy atom. The highest BCUT2D eigenvalue weighted by Crippen LogP contribution is 2.43. The van der Waals surface area contributed by atoms with Gasteiger partial charge in [0, 0.05) is 30.7 Å². The molecule has 0 bridgehead atoms. The minimum Gasteiger partial charge on any atom is -0.391 e. The van der Waals surface area contributed by atoms with Crippen molar-refractivity contribution in [1.29, 1.82) is 0 Å². The third kappa shape index (κ3) is 4.96. The quantitative estimate of drug-likeness (QED) is 0.365. The summed E-state index contributed by atoms with van der Waals surface area (Å²) >= 11 is 1.56. The SMILES string of the molecule is CC(C)(C)C1CN(c2nc(CN3C(=O)CCC3=O)cs2)C1O[SiH](c1ccccc1)c1ccccc1. The van der Waals surface area contributed by atoms with Crippen molar-refractivity contribution in [2.24, 2.45) is 11.3 Å². The van der Waals surface area contributed by atoms with Crippen molar-refractivity contribution < 1.29 is 14.0 Å². The smallest absolute Gasteiger partial charge is 0.242 e. The number of amides is 2. The van der Waals surface area contributed by atoms with Crippen molar-refractivity contribution in [2.45, 2.75) is 46.4 Å². The maximum atomic E-state index is 12.0. The van der Waals surface area contributed by atoms with Crippen LogP contribution >= 0.6 is 11.3 Å². The average molecular weight is 506 g/mol. The Morgan fingerprint density at radius 2 is 1.54 bits per heavy atom. The first-order valence-electron chi connectivity index (χ1n) is 12.1. The minimum absolute atomic E-state index is 0.0823. The fraction of sp³-hybridized carbons (Fsp3) is 0.370. The fourth-order valence-electron chi connectivity index (χ4n) is 4.75. The van der Waals surface area contributed by atoms with Crippen LogP contribution in [0.5, 0.6) is 0 Å². The van der Waals surface area contributed by atoms with Crippen molar-refractivity contribution in [3.63, 3.8) is 0 Å². The van der Waals surface area contributed by atoms with Gasteiger partial charge in [0.05, 0.1) is 12.2 Å². The Labute approximate surface area is 212 Å². The second-order valence-electron chi connectivity index (χ2n) is 10.3. The van der Waals surface area contributed by atoms with Crippen molar-refractivity contribution in [3.8, 4) is 0 Å². The van der Waals surface area contributed by atoms with Crippen LogP contribution in [0.15, 0.2) is 66.0 Å². The molecule has 0 radical (unpaired) electrons. The van der Waals surface area contributed by atoms with E-state index < -0.39 is 9.04 Å². The average Bonchev–Trinajstić information content (AvgIpc) is 3.41. The number of aromatic nitrogens is 1. The number of carbonyl (C=O) groups is 2. The van der Waals surface area contributed by atoms with E-state index in [1.165, 1.54) is 15.3 Å². The molecular formula is C27H31N3O3SSi. The number of rotatable bonds is 7. The number of benzene rings is 2. The van der Waals surface area contributed by atoms with E-state index in [-0.39, 0.29) is 30.0 Å². The van der Waals surface area contributed by atoms with Gasteiger partial charge < -0.3 is 9.33 Å². The lowest BCUT2D eigenvalue weighted by Crippen LogP contribution is -2.65. The van der Waals surface area contributed by atoms with Crippen LogP contribution < -0.4 is 15.3 Å². The molecule has 182 valence electrons. The molecule has 2 saturated heterocycles. The number of nitrogens with zero attached hydrogens (tertiary/aromatic N) is 3. The molecule has 1 aromatic heterocycles. The normalized spacial score (nSPS) is 20.6. The Kier molecular flexibility index (Phi) is 6.61. The zero-order valence-electron chi connectivity index (χ0n) is 20.4. The molecule has 3 heterocycles. The van der Waals surface area contributed by atoms with Gasteiger partial charge in [0.2, 0.25) is 20.9 Å². The second kappa shape index (κ2) is 9.68. The van der Waals surface area contributed by atoms with Gasteiger partial charge >= 0.3 is 0 Å². The van der Waals surface area contributed by atoms with Crippen LogP contribution in [0.4, 0.5) is 5.13 Å². The van der Waals surface area contributed by atoms with Gasteiger partial charge in [0.1, 0.15) is 6.23 Å². The first kappa shape index (κ1) is 23.9. The Bertz CT molecular complexity index is 1140. The summed E-state index contributed by atoms with van der Waals surface area (Å²) in [6.07, 6.45) is 0.521. The Hall–Kier alpha value is -2.81. The molecule has 0 spiro atoms. The van der Waals surface area contributed by atoms with Gasteiger partial charge in [-0.2, -0.15) is 0 Å². The molecule has 0 saturated carbocycles. The van der Waals surface area contributed by atoms with Crippen LogP contribution in [0.3, 0.4) is 0 Å². The Balaban J connectivity index is 1.41. The van der Waals surface area contributed by atoms with Crippen molar-refractivity contribution in [3.05, 3.63) is 71.7 Å². The van der Waals surface area contributed by atoms with Crippen LogP contribution in [0.2, 0.25) is 0 Å². The minimum atomic E-state index is -1.94. The van der Waals surface area contributed by atoms with Crippen LogP contribution in [-0.2, 0) is 20.6 Å². The highest BCUT2D eigenvalue weighted by molar-refractivity contribution is 7.13. The van der Waals surface area contributed by atoms with Crippen LogP contribution in [-0.4, -0.2) is 43.5 Å².